The van der Waals surface area contributed by atoms with E-state index in [-0.39, 0.29) is 48.3 Å². The second kappa shape index (κ2) is 12.0. The quantitative estimate of drug-likeness (QED) is 0.252. The van der Waals surface area contributed by atoms with Crippen LogP contribution in [-0.2, 0) is 20.7 Å². The molecule has 1 unspecified atom stereocenters. The minimum absolute atomic E-state index is 0. The van der Waals surface area contributed by atoms with Gasteiger partial charge in [0.2, 0.25) is 5.91 Å². The van der Waals surface area contributed by atoms with E-state index in [1.165, 1.54) is 5.56 Å². The summed E-state index contributed by atoms with van der Waals surface area (Å²) in [6, 6.07) is 10.2. The number of hydrogen-bond acceptors (Lipinski definition) is 4. The molecule has 0 radical (unpaired) electrons. The van der Waals surface area contributed by atoms with Gasteiger partial charge in [0.15, 0.2) is 5.96 Å². The van der Waals surface area contributed by atoms with Crippen LogP contribution in [0.5, 0.6) is 0 Å². The maximum Gasteiger partial charge on any atom is 0.325 e. The van der Waals surface area contributed by atoms with Gasteiger partial charge in [-0.2, -0.15) is 0 Å². The zero-order chi connectivity index (χ0) is 20.6. The molecular formula is C21H33IN4O3. The van der Waals surface area contributed by atoms with E-state index in [2.05, 4.69) is 27.8 Å². The molecule has 2 rings (SSSR count). The molecule has 1 amide bonds. The lowest BCUT2D eigenvalue weighted by atomic mass is 10.1. The van der Waals surface area contributed by atoms with Gasteiger partial charge in [0.25, 0.3) is 0 Å². The molecule has 1 aromatic rings. The molecule has 0 spiro atoms. The highest BCUT2D eigenvalue weighted by Gasteiger charge is 2.29. The van der Waals surface area contributed by atoms with Crippen molar-refractivity contribution >= 4 is 41.8 Å². The predicted molar refractivity (Wildman–Crippen MR) is 125 cm³/mol. The van der Waals surface area contributed by atoms with Crippen LogP contribution in [0.1, 0.15) is 32.8 Å². The molecule has 1 aromatic carbocycles. The fourth-order valence-corrected chi connectivity index (χ4v) is 3.11. The second-order valence-electron chi connectivity index (χ2n) is 8.04. The molecule has 1 heterocycles. The van der Waals surface area contributed by atoms with Gasteiger partial charge in [-0.25, -0.2) is 0 Å². The van der Waals surface area contributed by atoms with Gasteiger partial charge in [0, 0.05) is 39.0 Å². The van der Waals surface area contributed by atoms with E-state index in [0.29, 0.717) is 18.9 Å². The Balaban J connectivity index is 0.00000420. The lowest BCUT2D eigenvalue weighted by Crippen LogP contribution is -2.43. The third-order valence-corrected chi connectivity index (χ3v) is 4.41. The molecule has 29 heavy (non-hydrogen) atoms. The molecule has 0 aromatic heterocycles. The third kappa shape index (κ3) is 9.47. The molecule has 162 valence electrons. The van der Waals surface area contributed by atoms with Crippen molar-refractivity contribution in [3.05, 3.63) is 35.9 Å². The number of guanidine groups is 1. The van der Waals surface area contributed by atoms with E-state index in [1.54, 1.807) is 7.05 Å². The lowest BCUT2D eigenvalue weighted by Gasteiger charge is -2.20. The molecule has 8 heteroatoms. The summed E-state index contributed by atoms with van der Waals surface area (Å²) < 4.78 is 5.27. The normalized spacial score (nSPS) is 17.0. The van der Waals surface area contributed by atoms with Crippen LogP contribution in [0.15, 0.2) is 35.3 Å². The average Bonchev–Trinajstić information content (AvgIpc) is 2.99. The van der Waals surface area contributed by atoms with Crippen LogP contribution in [0.4, 0.5) is 0 Å². The largest absolute Gasteiger partial charge is 0.459 e. The number of hydrogen-bond donors (Lipinski definition) is 2. The van der Waals surface area contributed by atoms with Crippen molar-refractivity contribution in [2.24, 2.45) is 10.9 Å². The van der Waals surface area contributed by atoms with Crippen molar-refractivity contribution in [1.29, 1.82) is 0 Å². The summed E-state index contributed by atoms with van der Waals surface area (Å²) in [7, 11) is 1.65. The van der Waals surface area contributed by atoms with Crippen LogP contribution in [0.2, 0.25) is 0 Å². The lowest BCUT2D eigenvalue weighted by molar-refractivity contribution is -0.153. The number of carbonyl (C=O) groups is 2. The van der Waals surface area contributed by atoms with Gasteiger partial charge >= 0.3 is 5.97 Å². The fraction of sp³-hybridized carbons (Fsp3) is 0.571. The highest BCUT2D eigenvalue weighted by atomic mass is 127. The molecule has 1 atom stereocenters. The summed E-state index contributed by atoms with van der Waals surface area (Å²) in [5, 5.41) is 6.15. The fourth-order valence-electron chi connectivity index (χ4n) is 3.11. The number of esters is 1. The van der Waals surface area contributed by atoms with E-state index < -0.39 is 5.60 Å². The first kappa shape index (κ1) is 25.2. The van der Waals surface area contributed by atoms with Gasteiger partial charge in [0.1, 0.15) is 12.1 Å². The topological polar surface area (TPSA) is 83.0 Å². The molecule has 1 aliphatic heterocycles. The van der Waals surface area contributed by atoms with Crippen LogP contribution in [0, 0.1) is 5.92 Å². The molecule has 2 N–H and O–H groups in total. The Bertz CT molecular complexity index is 689. The number of nitrogens with one attached hydrogen (secondary N) is 2. The van der Waals surface area contributed by atoms with Crippen LogP contribution in [0.25, 0.3) is 0 Å². The molecule has 7 nitrogen and oxygen atoms in total. The first-order valence-electron chi connectivity index (χ1n) is 9.75. The van der Waals surface area contributed by atoms with Crippen molar-refractivity contribution in [1.82, 2.24) is 15.5 Å². The maximum atomic E-state index is 12.3. The van der Waals surface area contributed by atoms with Crippen LogP contribution >= 0.6 is 24.0 Å². The SMILES string of the molecule is CN=C(NCC(=O)OC(C)(C)C)NCC1CC(=O)N(CCc2ccccc2)C1.I. The van der Waals surface area contributed by atoms with Gasteiger partial charge in [0.05, 0.1) is 0 Å². The minimum Gasteiger partial charge on any atom is -0.459 e. The Morgan fingerprint density at radius 3 is 2.55 bits per heavy atom. The standard InChI is InChI=1S/C21H32N4O3.HI/c1-21(2,3)28-19(27)14-24-20(22-4)23-13-17-12-18(26)25(15-17)11-10-16-8-6-5-7-9-16;/h5-9,17H,10-15H2,1-4H3,(H2,22,23,24);1H. The summed E-state index contributed by atoms with van der Waals surface area (Å²) in [5.74, 6) is 0.613. The average molecular weight is 516 g/mol. The number of halogens is 1. The van der Waals surface area contributed by atoms with E-state index >= 15 is 0 Å². The van der Waals surface area contributed by atoms with E-state index in [0.717, 1.165) is 19.5 Å². The summed E-state index contributed by atoms with van der Waals surface area (Å²) in [6.07, 6.45) is 1.40. The number of nitrogens with zero attached hydrogens (tertiary/aromatic N) is 2. The summed E-state index contributed by atoms with van der Waals surface area (Å²) >= 11 is 0. The molecule has 1 fully saturated rings. The molecule has 0 bridgehead atoms. The maximum absolute atomic E-state index is 12.3. The number of aliphatic imine (C=N–C) groups is 1. The number of rotatable bonds is 7. The number of benzene rings is 1. The number of ether oxygens (including phenoxy) is 1. The Kier molecular flexibility index (Phi) is 10.4. The van der Waals surface area contributed by atoms with Crippen molar-refractivity contribution in [3.8, 4) is 0 Å². The molecule has 0 aliphatic carbocycles. The van der Waals surface area contributed by atoms with E-state index in [9.17, 15) is 9.59 Å². The van der Waals surface area contributed by atoms with Gasteiger partial charge in [-0.1, -0.05) is 30.3 Å². The zero-order valence-electron chi connectivity index (χ0n) is 17.7. The minimum atomic E-state index is -0.511. The highest BCUT2D eigenvalue weighted by molar-refractivity contribution is 14.0. The molecule has 0 saturated carbocycles. The predicted octanol–water partition coefficient (Wildman–Crippen LogP) is 2.20. The Morgan fingerprint density at radius 1 is 1.24 bits per heavy atom. The van der Waals surface area contributed by atoms with Crippen molar-refractivity contribution in [2.75, 3.05) is 33.2 Å². The monoisotopic (exact) mass is 516 g/mol. The van der Waals surface area contributed by atoms with Gasteiger partial charge < -0.3 is 20.3 Å². The van der Waals surface area contributed by atoms with Crippen LogP contribution in [-0.4, -0.2) is 61.6 Å². The Labute approximate surface area is 190 Å². The van der Waals surface area contributed by atoms with E-state index in [4.69, 9.17) is 4.74 Å². The van der Waals surface area contributed by atoms with Crippen molar-refractivity contribution in [2.45, 2.75) is 39.2 Å². The van der Waals surface area contributed by atoms with E-state index in [1.807, 2.05) is 43.9 Å². The molecule has 1 aliphatic rings. The second-order valence-corrected chi connectivity index (χ2v) is 8.04. The summed E-state index contributed by atoms with van der Waals surface area (Å²) in [6.45, 7) is 7.65. The zero-order valence-corrected chi connectivity index (χ0v) is 20.1. The van der Waals surface area contributed by atoms with Gasteiger partial charge in [-0.05, 0) is 32.8 Å². The molecule has 1 saturated heterocycles. The van der Waals surface area contributed by atoms with Crippen molar-refractivity contribution in [3.63, 3.8) is 0 Å². The smallest absolute Gasteiger partial charge is 0.325 e. The number of likely N-dealkylation sites (tertiary alicyclic amines) is 1. The van der Waals surface area contributed by atoms with Crippen LogP contribution in [0.3, 0.4) is 0 Å². The Morgan fingerprint density at radius 2 is 1.93 bits per heavy atom. The van der Waals surface area contributed by atoms with Gasteiger partial charge in [-0.3, -0.25) is 14.6 Å². The van der Waals surface area contributed by atoms with Crippen LogP contribution < -0.4 is 10.6 Å². The summed E-state index contributed by atoms with van der Waals surface area (Å²) in [5.41, 5.74) is 0.729. The first-order valence-corrected chi connectivity index (χ1v) is 9.75. The summed E-state index contributed by atoms with van der Waals surface area (Å²) in [4.78, 5) is 30.1. The first-order chi connectivity index (χ1) is 13.3. The number of carbonyl (C=O) groups excluding carboxylic acids is 2. The highest BCUT2D eigenvalue weighted by Crippen LogP contribution is 2.17. The Hall–Kier alpha value is -1.84. The number of amides is 1. The third-order valence-electron chi connectivity index (χ3n) is 4.41. The van der Waals surface area contributed by atoms with Crippen molar-refractivity contribution < 1.29 is 14.3 Å². The van der Waals surface area contributed by atoms with Gasteiger partial charge in [-0.15, -0.1) is 24.0 Å². The molecular weight excluding hydrogens is 483 g/mol.